The Hall–Kier alpha value is -1.63. The Morgan fingerprint density at radius 1 is 1.47 bits per heavy atom. The van der Waals surface area contributed by atoms with Crippen LogP contribution in [0.1, 0.15) is 23.0 Å². The molecule has 1 unspecified atom stereocenters. The van der Waals surface area contributed by atoms with Crippen LogP contribution in [0.2, 0.25) is 0 Å². The van der Waals surface area contributed by atoms with E-state index in [0.717, 1.165) is 0 Å². The average Bonchev–Trinajstić information content (AvgIpc) is 2.26. The van der Waals surface area contributed by atoms with Gasteiger partial charge >= 0.3 is 5.97 Å². The number of anilines is 1. The molecule has 0 aliphatic carbocycles. The van der Waals surface area contributed by atoms with E-state index in [-0.39, 0.29) is 23.1 Å². The van der Waals surface area contributed by atoms with Crippen LogP contribution in [0.15, 0.2) is 12.1 Å². The van der Waals surface area contributed by atoms with E-state index in [2.05, 4.69) is 4.98 Å². The molecule has 1 saturated heterocycles. The standard InChI is InChI=1S/C12H16N2O4S/c1-8-5-10(12(15)16)6-11(13-8)14-3-4-19(17,18)7-9(14)2/h5-6,9H,3-4,7H2,1-2H3,(H,15,16). The smallest absolute Gasteiger partial charge is 0.335 e. The molecule has 0 spiro atoms. The van der Waals surface area contributed by atoms with Gasteiger partial charge in [0.05, 0.1) is 17.1 Å². The highest BCUT2D eigenvalue weighted by Crippen LogP contribution is 2.21. The normalized spacial score (nSPS) is 22.2. The number of hydrogen-bond donors (Lipinski definition) is 1. The summed E-state index contributed by atoms with van der Waals surface area (Å²) in [6, 6.07) is 2.79. The second-order valence-electron chi connectivity index (χ2n) is 4.82. The van der Waals surface area contributed by atoms with Gasteiger partial charge in [0.15, 0.2) is 9.84 Å². The van der Waals surface area contributed by atoms with Gasteiger partial charge in [0.1, 0.15) is 5.82 Å². The molecule has 104 valence electrons. The Kier molecular flexibility index (Phi) is 3.49. The van der Waals surface area contributed by atoms with E-state index in [4.69, 9.17) is 5.11 Å². The van der Waals surface area contributed by atoms with Gasteiger partial charge in [-0.15, -0.1) is 0 Å². The Labute approximate surface area is 112 Å². The maximum atomic E-state index is 11.5. The lowest BCUT2D eigenvalue weighted by Crippen LogP contribution is -2.47. The largest absolute Gasteiger partial charge is 0.478 e. The summed E-state index contributed by atoms with van der Waals surface area (Å²) in [6.45, 7) is 3.88. The molecular formula is C12H16N2O4S. The van der Waals surface area contributed by atoms with Gasteiger partial charge in [-0.25, -0.2) is 18.2 Å². The number of carboxylic acids is 1. The summed E-state index contributed by atoms with van der Waals surface area (Å²) >= 11 is 0. The third-order valence-electron chi connectivity index (χ3n) is 3.15. The lowest BCUT2D eigenvalue weighted by atomic mass is 10.2. The van der Waals surface area contributed by atoms with Crippen molar-refractivity contribution in [3.05, 3.63) is 23.4 Å². The zero-order valence-corrected chi connectivity index (χ0v) is 11.6. The van der Waals surface area contributed by atoms with E-state index in [1.807, 2.05) is 4.90 Å². The van der Waals surface area contributed by atoms with Crippen molar-refractivity contribution in [2.24, 2.45) is 0 Å². The molecule has 6 nitrogen and oxygen atoms in total. The number of hydrogen-bond acceptors (Lipinski definition) is 5. The van der Waals surface area contributed by atoms with E-state index < -0.39 is 15.8 Å². The van der Waals surface area contributed by atoms with Crippen LogP contribution in [0, 0.1) is 6.92 Å². The molecule has 19 heavy (non-hydrogen) atoms. The predicted molar refractivity (Wildman–Crippen MR) is 71.4 cm³/mol. The van der Waals surface area contributed by atoms with Crippen molar-refractivity contribution in [3.63, 3.8) is 0 Å². The molecule has 1 aliphatic heterocycles. The molecule has 1 N–H and O–H groups in total. The quantitative estimate of drug-likeness (QED) is 0.860. The van der Waals surface area contributed by atoms with Gasteiger partial charge in [0.2, 0.25) is 0 Å². The third kappa shape index (κ3) is 3.04. The predicted octanol–water partition coefficient (Wildman–Crippen LogP) is 0.712. The van der Waals surface area contributed by atoms with E-state index in [9.17, 15) is 13.2 Å². The maximum absolute atomic E-state index is 11.5. The van der Waals surface area contributed by atoms with Gasteiger partial charge < -0.3 is 10.0 Å². The van der Waals surface area contributed by atoms with Crippen molar-refractivity contribution in [1.29, 1.82) is 0 Å². The van der Waals surface area contributed by atoms with Crippen LogP contribution in [-0.4, -0.2) is 48.6 Å². The highest BCUT2D eigenvalue weighted by atomic mass is 32.2. The molecule has 1 aliphatic rings. The van der Waals surface area contributed by atoms with Crippen LogP contribution in [0.5, 0.6) is 0 Å². The summed E-state index contributed by atoms with van der Waals surface area (Å²) in [4.78, 5) is 17.2. The van der Waals surface area contributed by atoms with Gasteiger partial charge in [-0.05, 0) is 26.0 Å². The van der Waals surface area contributed by atoms with Crippen LogP contribution in [0.4, 0.5) is 5.82 Å². The third-order valence-corrected chi connectivity index (χ3v) is 4.95. The van der Waals surface area contributed by atoms with Gasteiger partial charge in [0, 0.05) is 18.3 Å². The highest BCUT2D eigenvalue weighted by Gasteiger charge is 2.29. The Morgan fingerprint density at radius 3 is 2.74 bits per heavy atom. The summed E-state index contributed by atoms with van der Waals surface area (Å²) < 4.78 is 23.1. The first-order valence-corrected chi connectivity index (χ1v) is 7.80. The minimum atomic E-state index is -3.00. The summed E-state index contributed by atoms with van der Waals surface area (Å²) in [5.74, 6) is -0.329. The average molecular weight is 284 g/mol. The van der Waals surface area contributed by atoms with Crippen LogP contribution in [0.3, 0.4) is 0 Å². The molecule has 2 rings (SSSR count). The summed E-state index contributed by atoms with van der Waals surface area (Å²) in [7, 11) is -3.00. The minimum Gasteiger partial charge on any atom is -0.478 e. The van der Waals surface area contributed by atoms with E-state index in [0.29, 0.717) is 18.1 Å². The molecule has 0 amide bonds. The summed E-state index contributed by atoms with van der Waals surface area (Å²) in [5, 5.41) is 9.04. The van der Waals surface area contributed by atoms with Crippen molar-refractivity contribution in [1.82, 2.24) is 4.98 Å². The van der Waals surface area contributed by atoms with Crippen molar-refractivity contribution in [3.8, 4) is 0 Å². The first-order valence-electron chi connectivity index (χ1n) is 5.97. The van der Waals surface area contributed by atoms with Gasteiger partial charge in [0.25, 0.3) is 0 Å². The van der Waals surface area contributed by atoms with E-state index in [1.54, 1.807) is 13.8 Å². The monoisotopic (exact) mass is 284 g/mol. The molecule has 1 aromatic rings. The van der Waals surface area contributed by atoms with Crippen molar-refractivity contribution in [2.45, 2.75) is 19.9 Å². The van der Waals surface area contributed by atoms with Crippen LogP contribution >= 0.6 is 0 Å². The Bertz CT molecular complexity index is 612. The first kappa shape index (κ1) is 13.8. The number of aryl methyl sites for hydroxylation is 1. The van der Waals surface area contributed by atoms with Gasteiger partial charge in [-0.2, -0.15) is 0 Å². The van der Waals surface area contributed by atoms with Gasteiger partial charge in [-0.1, -0.05) is 0 Å². The lowest BCUT2D eigenvalue weighted by Gasteiger charge is -2.34. The molecule has 2 heterocycles. The molecule has 0 radical (unpaired) electrons. The first-order chi connectivity index (χ1) is 8.78. The van der Waals surface area contributed by atoms with Crippen LogP contribution in [-0.2, 0) is 9.84 Å². The molecule has 1 fully saturated rings. The SMILES string of the molecule is Cc1cc(C(=O)O)cc(N2CCS(=O)(=O)CC2C)n1. The van der Waals surface area contributed by atoms with Crippen molar-refractivity contribution in [2.75, 3.05) is 23.0 Å². The summed E-state index contributed by atoms with van der Waals surface area (Å²) in [5.41, 5.74) is 0.777. The number of carbonyl (C=O) groups is 1. The van der Waals surface area contributed by atoms with E-state index >= 15 is 0 Å². The molecule has 1 atom stereocenters. The molecule has 0 aromatic carbocycles. The molecule has 1 aromatic heterocycles. The second kappa shape index (κ2) is 4.80. The van der Waals surface area contributed by atoms with Gasteiger partial charge in [-0.3, -0.25) is 0 Å². The molecular weight excluding hydrogens is 268 g/mol. The number of aromatic carboxylic acids is 1. The zero-order valence-electron chi connectivity index (χ0n) is 10.8. The fourth-order valence-electron chi connectivity index (χ4n) is 2.26. The molecule has 7 heteroatoms. The van der Waals surface area contributed by atoms with Crippen LogP contribution < -0.4 is 4.90 Å². The molecule has 0 bridgehead atoms. The second-order valence-corrected chi connectivity index (χ2v) is 7.05. The Balaban J connectivity index is 2.34. The maximum Gasteiger partial charge on any atom is 0.335 e. The number of pyridine rings is 1. The number of carboxylic acid groups (broad SMARTS) is 1. The number of aromatic nitrogens is 1. The van der Waals surface area contributed by atoms with Crippen molar-refractivity contribution < 1.29 is 18.3 Å². The lowest BCUT2D eigenvalue weighted by molar-refractivity contribution is 0.0696. The topological polar surface area (TPSA) is 87.6 Å². The summed E-state index contributed by atoms with van der Waals surface area (Å²) in [6.07, 6.45) is 0. The zero-order chi connectivity index (χ0) is 14.2. The fraction of sp³-hybridized carbons (Fsp3) is 0.500. The van der Waals surface area contributed by atoms with Crippen molar-refractivity contribution >= 4 is 21.6 Å². The number of sulfone groups is 1. The van der Waals surface area contributed by atoms with E-state index in [1.165, 1.54) is 12.1 Å². The van der Waals surface area contributed by atoms with Crippen LogP contribution in [0.25, 0.3) is 0 Å². The molecule has 0 saturated carbocycles. The number of nitrogens with zero attached hydrogens (tertiary/aromatic N) is 2. The Morgan fingerprint density at radius 2 is 2.16 bits per heavy atom. The highest BCUT2D eigenvalue weighted by molar-refractivity contribution is 7.91. The minimum absolute atomic E-state index is 0.0744. The fourth-order valence-corrected chi connectivity index (χ4v) is 3.82. The number of rotatable bonds is 2.